The average molecular weight is 337 g/mol. The van der Waals surface area contributed by atoms with E-state index in [1.807, 2.05) is 38.2 Å². The minimum Gasteiger partial charge on any atom is -0.370 e. The fraction of sp³-hybridized carbons (Fsp3) is 0.250. The Labute approximate surface area is 127 Å². The number of hydrogen-bond acceptors (Lipinski definition) is 2. The fourth-order valence-corrected chi connectivity index (χ4v) is 2.61. The van der Waals surface area contributed by atoms with Crippen LogP contribution in [-0.2, 0) is 6.54 Å². The molecule has 4 heteroatoms. The third-order valence-electron chi connectivity index (χ3n) is 3.20. The van der Waals surface area contributed by atoms with E-state index in [1.54, 1.807) is 12.1 Å². The summed E-state index contributed by atoms with van der Waals surface area (Å²) in [7, 11) is 1.99. The summed E-state index contributed by atoms with van der Waals surface area (Å²) >= 11 is 3.47. The standard InChI is InChI=1S/C16H18BrFN2/c1-11(19)15-9-13(17)6-7-16(15)20(2)10-12-4-3-5-14(18)8-12/h3-9,11H,10,19H2,1-2H3. The zero-order chi connectivity index (χ0) is 14.7. The zero-order valence-electron chi connectivity index (χ0n) is 11.6. The van der Waals surface area contributed by atoms with Crippen LogP contribution in [0.3, 0.4) is 0 Å². The Bertz CT molecular complexity index is 599. The fourth-order valence-electron chi connectivity index (χ4n) is 2.23. The first-order valence-corrected chi connectivity index (χ1v) is 7.27. The van der Waals surface area contributed by atoms with Crippen LogP contribution in [0, 0.1) is 5.82 Å². The van der Waals surface area contributed by atoms with Crippen LogP contribution < -0.4 is 10.6 Å². The summed E-state index contributed by atoms with van der Waals surface area (Å²) in [6.07, 6.45) is 0. The first kappa shape index (κ1) is 15.0. The Balaban J connectivity index is 2.27. The summed E-state index contributed by atoms with van der Waals surface area (Å²) in [4.78, 5) is 2.08. The number of anilines is 1. The lowest BCUT2D eigenvalue weighted by Crippen LogP contribution is -2.20. The molecule has 0 amide bonds. The van der Waals surface area contributed by atoms with Gasteiger partial charge >= 0.3 is 0 Å². The van der Waals surface area contributed by atoms with Crippen molar-refractivity contribution in [1.29, 1.82) is 0 Å². The Morgan fingerprint density at radius 2 is 2.00 bits per heavy atom. The number of rotatable bonds is 4. The molecule has 106 valence electrons. The van der Waals surface area contributed by atoms with Crippen LogP contribution in [0.5, 0.6) is 0 Å². The maximum Gasteiger partial charge on any atom is 0.123 e. The molecule has 2 N–H and O–H groups in total. The Morgan fingerprint density at radius 1 is 1.25 bits per heavy atom. The normalized spacial score (nSPS) is 12.2. The zero-order valence-corrected chi connectivity index (χ0v) is 13.2. The lowest BCUT2D eigenvalue weighted by molar-refractivity contribution is 0.625. The van der Waals surface area contributed by atoms with Crippen LogP contribution in [0.2, 0.25) is 0 Å². The maximum absolute atomic E-state index is 13.2. The third-order valence-corrected chi connectivity index (χ3v) is 3.69. The van der Waals surface area contributed by atoms with Crippen LogP contribution in [-0.4, -0.2) is 7.05 Å². The van der Waals surface area contributed by atoms with Crippen molar-refractivity contribution in [2.45, 2.75) is 19.5 Å². The van der Waals surface area contributed by atoms with Gasteiger partial charge in [0.05, 0.1) is 0 Å². The number of halogens is 2. The molecule has 20 heavy (non-hydrogen) atoms. The second-order valence-corrected chi connectivity index (χ2v) is 5.89. The van der Waals surface area contributed by atoms with Gasteiger partial charge in [0.15, 0.2) is 0 Å². The van der Waals surface area contributed by atoms with Gasteiger partial charge < -0.3 is 10.6 Å². The van der Waals surface area contributed by atoms with Gasteiger partial charge in [-0.05, 0) is 48.4 Å². The second-order valence-electron chi connectivity index (χ2n) is 4.98. The highest BCUT2D eigenvalue weighted by atomic mass is 79.9. The average Bonchev–Trinajstić information content (AvgIpc) is 2.38. The molecular weight excluding hydrogens is 319 g/mol. The molecule has 2 nitrogen and oxygen atoms in total. The highest BCUT2D eigenvalue weighted by Crippen LogP contribution is 2.28. The van der Waals surface area contributed by atoms with E-state index in [0.717, 1.165) is 21.3 Å². The number of hydrogen-bond donors (Lipinski definition) is 1. The molecule has 0 fully saturated rings. The predicted octanol–water partition coefficient (Wildman–Crippen LogP) is 4.24. The van der Waals surface area contributed by atoms with Crippen molar-refractivity contribution in [2.24, 2.45) is 5.73 Å². The summed E-state index contributed by atoms with van der Waals surface area (Å²) in [6, 6.07) is 12.7. The molecule has 0 aromatic heterocycles. The molecule has 0 heterocycles. The molecule has 0 aliphatic rings. The molecule has 1 atom stereocenters. The highest BCUT2D eigenvalue weighted by Gasteiger charge is 2.12. The van der Waals surface area contributed by atoms with Crippen LogP contribution in [0.1, 0.15) is 24.1 Å². The topological polar surface area (TPSA) is 29.3 Å². The largest absolute Gasteiger partial charge is 0.370 e. The molecule has 0 radical (unpaired) electrons. The molecule has 0 aliphatic carbocycles. The van der Waals surface area contributed by atoms with Crippen molar-refractivity contribution >= 4 is 21.6 Å². The SMILES string of the molecule is CC(N)c1cc(Br)ccc1N(C)Cc1cccc(F)c1. The van der Waals surface area contributed by atoms with E-state index in [4.69, 9.17) is 5.73 Å². The monoisotopic (exact) mass is 336 g/mol. The molecule has 2 aromatic carbocycles. The van der Waals surface area contributed by atoms with E-state index in [2.05, 4.69) is 20.8 Å². The van der Waals surface area contributed by atoms with Crippen molar-refractivity contribution in [1.82, 2.24) is 0 Å². The van der Waals surface area contributed by atoms with E-state index in [1.165, 1.54) is 6.07 Å². The minimum atomic E-state index is -0.209. The maximum atomic E-state index is 13.2. The quantitative estimate of drug-likeness (QED) is 0.904. The number of benzene rings is 2. The number of nitrogens with two attached hydrogens (primary N) is 1. The highest BCUT2D eigenvalue weighted by molar-refractivity contribution is 9.10. The molecule has 0 saturated heterocycles. The van der Waals surface area contributed by atoms with Crippen LogP contribution in [0.15, 0.2) is 46.9 Å². The van der Waals surface area contributed by atoms with Crippen molar-refractivity contribution in [3.05, 3.63) is 63.9 Å². The Kier molecular flexibility index (Phi) is 4.78. The van der Waals surface area contributed by atoms with Gasteiger partial charge in [-0.2, -0.15) is 0 Å². The first-order chi connectivity index (χ1) is 9.47. The predicted molar refractivity (Wildman–Crippen MR) is 85.3 cm³/mol. The smallest absolute Gasteiger partial charge is 0.123 e. The summed E-state index contributed by atoms with van der Waals surface area (Å²) < 4.78 is 14.2. The third kappa shape index (κ3) is 3.58. The minimum absolute atomic E-state index is 0.0579. The van der Waals surface area contributed by atoms with Gasteiger partial charge in [0, 0.05) is 29.8 Å². The van der Waals surface area contributed by atoms with Gasteiger partial charge in [0.25, 0.3) is 0 Å². The molecule has 2 rings (SSSR count). The first-order valence-electron chi connectivity index (χ1n) is 6.48. The van der Waals surface area contributed by atoms with Crippen molar-refractivity contribution < 1.29 is 4.39 Å². The van der Waals surface area contributed by atoms with E-state index in [-0.39, 0.29) is 11.9 Å². The summed E-state index contributed by atoms with van der Waals surface area (Å²) in [5.74, 6) is -0.209. The van der Waals surface area contributed by atoms with Crippen molar-refractivity contribution in [2.75, 3.05) is 11.9 Å². The van der Waals surface area contributed by atoms with Gasteiger partial charge in [-0.15, -0.1) is 0 Å². The molecule has 0 bridgehead atoms. The van der Waals surface area contributed by atoms with Crippen LogP contribution in [0.25, 0.3) is 0 Å². The summed E-state index contributed by atoms with van der Waals surface area (Å²) in [5, 5.41) is 0. The van der Waals surface area contributed by atoms with Gasteiger partial charge in [0.1, 0.15) is 5.82 Å². The second kappa shape index (κ2) is 6.37. The molecule has 0 aliphatic heterocycles. The van der Waals surface area contributed by atoms with Gasteiger partial charge in [-0.1, -0.05) is 28.1 Å². The van der Waals surface area contributed by atoms with Gasteiger partial charge in [-0.3, -0.25) is 0 Å². The Hall–Kier alpha value is -1.39. The molecule has 1 unspecified atom stereocenters. The van der Waals surface area contributed by atoms with E-state index < -0.39 is 0 Å². The van der Waals surface area contributed by atoms with Gasteiger partial charge in [-0.25, -0.2) is 4.39 Å². The summed E-state index contributed by atoms with van der Waals surface area (Å²) in [6.45, 7) is 2.60. The lowest BCUT2D eigenvalue weighted by atomic mass is 10.1. The molecule has 0 saturated carbocycles. The van der Waals surface area contributed by atoms with Crippen LogP contribution >= 0.6 is 15.9 Å². The molecule has 0 spiro atoms. The van der Waals surface area contributed by atoms with Crippen LogP contribution in [0.4, 0.5) is 10.1 Å². The van der Waals surface area contributed by atoms with Gasteiger partial charge in [0.2, 0.25) is 0 Å². The Morgan fingerprint density at radius 3 is 2.65 bits per heavy atom. The van der Waals surface area contributed by atoms with Crippen molar-refractivity contribution in [3.63, 3.8) is 0 Å². The van der Waals surface area contributed by atoms with E-state index in [0.29, 0.717) is 6.54 Å². The molecule has 2 aromatic rings. The molecular formula is C16H18BrFN2. The summed E-state index contributed by atoms with van der Waals surface area (Å²) in [5.41, 5.74) is 9.10. The van der Waals surface area contributed by atoms with Crippen molar-refractivity contribution in [3.8, 4) is 0 Å². The van der Waals surface area contributed by atoms with E-state index >= 15 is 0 Å². The van der Waals surface area contributed by atoms with E-state index in [9.17, 15) is 4.39 Å². The number of nitrogens with zero attached hydrogens (tertiary/aromatic N) is 1. The lowest BCUT2D eigenvalue weighted by Gasteiger charge is -2.24.